The first kappa shape index (κ1) is 12.3. The Kier molecular flexibility index (Phi) is 4.55. The van der Waals surface area contributed by atoms with Gasteiger partial charge in [0.15, 0.2) is 0 Å². The molecule has 0 fully saturated rings. The van der Waals surface area contributed by atoms with E-state index in [1.807, 2.05) is 0 Å². The molecule has 0 saturated carbocycles. The maximum atomic E-state index is 11.0. The van der Waals surface area contributed by atoms with Gasteiger partial charge >= 0.3 is 11.9 Å². The summed E-state index contributed by atoms with van der Waals surface area (Å²) in [5.41, 5.74) is 0.432. The van der Waals surface area contributed by atoms with E-state index in [0.29, 0.717) is 12.2 Å². The molecule has 5 heteroatoms. The van der Waals surface area contributed by atoms with Gasteiger partial charge in [0.05, 0.1) is 6.61 Å². The predicted molar refractivity (Wildman–Crippen MR) is 59.4 cm³/mol. The lowest BCUT2D eigenvalue weighted by molar-refractivity contribution is -0.141. The van der Waals surface area contributed by atoms with Crippen molar-refractivity contribution >= 4 is 23.3 Å². The minimum Gasteiger partial charge on any atom is -0.477 e. The van der Waals surface area contributed by atoms with E-state index in [1.165, 1.54) is 0 Å². The van der Waals surface area contributed by atoms with Crippen LogP contribution in [0.15, 0.2) is 11.4 Å². The molecule has 0 amide bonds. The van der Waals surface area contributed by atoms with Gasteiger partial charge in [-0.05, 0) is 18.4 Å². The van der Waals surface area contributed by atoms with Crippen molar-refractivity contribution in [2.24, 2.45) is 0 Å². The van der Waals surface area contributed by atoms with Gasteiger partial charge in [-0.3, -0.25) is 4.79 Å². The molecular formula is C11H10O4S. The van der Waals surface area contributed by atoms with Crippen LogP contribution in [0.25, 0.3) is 0 Å². The van der Waals surface area contributed by atoms with Gasteiger partial charge in [0.1, 0.15) is 11.3 Å². The average Bonchev–Trinajstić information content (AvgIpc) is 2.66. The van der Waals surface area contributed by atoms with E-state index in [4.69, 9.17) is 5.11 Å². The molecule has 1 rings (SSSR count). The van der Waals surface area contributed by atoms with Crippen molar-refractivity contribution in [2.45, 2.75) is 13.3 Å². The molecule has 0 radical (unpaired) electrons. The van der Waals surface area contributed by atoms with Gasteiger partial charge in [-0.15, -0.1) is 11.3 Å². The van der Waals surface area contributed by atoms with Crippen molar-refractivity contribution in [3.05, 3.63) is 21.9 Å². The molecule has 4 nitrogen and oxygen atoms in total. The maximum Gasteiger partial charge on any atom is 0.347 e. The van der Waals surface area contributed by atoms with Gasteiger partial charge < -0.3 is 9.84 Å². The highest BCUT2D eigenvalue weighted by molar-refractivity contribution is 7.12. The zero-order valence-corrected chi connectivity index (χ0v) is 9.47. The second-order valence-electron chi connectivity index (χ2n) is 2.75. The molecule has 0 aromatic carbocycles. The van der Waals surface area contributed by atoms with E-state index in [9.17, 15) is 9.59 Å². The number of hydrogen-bond acceptors (Lipinski definition) is 4. The van der Waals surface area contributed by atoms with Crippen molar-refractivity contribution in [1.29, 1.82) is 0 Å². The molecule has 0 bridgehead atoms. The van der Waals surface area contributed by atoms with E-state index in [-0.39, 0.29) is 11.3 Å². The molecule has 1 N–H and O–H groups in total. The number of ether oxygens (including phenoxy) is 1. The Morgan fingerprint density at radius 2 is 2.31 bits per heavy atom. The van der Waals surface area contributed by atoms with Crippen LogP contribution in [0.3, 0.4) is 0 Å². The lowest BCUT2D eigenvalue weighted by Gasteiger charge is -1.94. The van der Waals surface area contributed by atoms with Crippen molar-refractivity contribution < 1.29 is 19.4 Å². The summed E-state index contributed by atoms with van der Waals surface area (Å²) in [7, 11) is 0. The molecule has 0 saturated heterocycles. The smallest absolute Gasteiger partial charge is 0.347 e. The van der Waals surface area contributed by atoms with Gasteiger partial charge in [0.25, 0.3) is 0 Å². The van der Waals surface area contributed by atoms with Gasteiger partial charge in [0, 0.05) is 5.56 Å². The monoisotopic (exact) mass is 238 g/mol. The zero-order valence-electron chi connectivity index (χ0n) is 8.65. The summed E-state index contributed by atoms with van der Waals surface area (Å²) in [5.74, 6) is 3.82. The molecule has 0 aliphatic rings. The third-order valence-corrected chi connectivity index (χ3v) is 2.52. The Morgan fingerprint density at radius 3 is 2.94 bits per heavy atom. The number of carboxylic acid groups (broad SMARTS) is 1. The topological polar surface area (TPSA) is 63.6 Å². The van der Waals surface area contributed by atoms with Crippen molar-refractivity contribution in [3.63, 3.8) is 0 Å². The average molecular weight is 238 g/mol. The van der Waals surface area contributed by atoms with Gasteiger partial charge in [-0.1, -0.05) is 11.8 Å². The number of thiophene rings is 1. The minimum atomic E-state index is -1.00. The Hall–Kier alpha value is -1.80. The Bertz CT molecular complexity index is 450. The lowest BCUT2D eigenvalue weighted by Crippen LogP contribution is -2.01. The quantitative estimate of drug-likeness (QED) is 0.643. The van der Waals surface area contributed by atoms with Gasteiger partial charge in [0.2, 0.25) is 0 Å². The minimum absolute atomic E-state index is 0.0251. The molecular weight excluding hydrogens is 228 g/mol. The third-order valence-electron chi connectivity index (χ3n) is 1.62. The number of aromatic carboxylic acids is 1. The fraction of sp³-hybridized carbons (Fsp3) is 0.273. The number of carbonyl (C=O) groups is 2. The summed E-state index contributed by atoms with van der Waals surface area (Å²) < 4.78 is 4.68. The first-order chi connectivity index (χ1) is 7.65. The summed E-state index contributed by atoms with van der Waals surface area (Å²) in [4.78, 5) is 21.9. The molecule has 0 atom stereocenters. The van der Waals surface area contributed by atoms with Crippen LogP contribution in [0, 0.1) is 11.8 Å². The van der Waals surface area contributed by atoms with Crippen LogP contribution in [-0.2, 0) is 9.53 Å². The van der Waals surface area contributed by atoms with Gasteiger partial charge in [-0.25, -0.2) is 4.79 Å². The Labute approximate surface area is 96.9 Å². The highest BCUT2D eigenvalue weighted by Crippen LogP contribution is 2.15. The summed E-state index contributed by atoms with van der Waals surface area (Å²) in [6, 6.07) is 1.62. The Balaban J connectivity index is 2.66. The standard InChI is InChI=1S/C11H10O4S/c1-2-15-9(12)5-3-4-8-6-7-16-10(8)11(13)14/h6-7H,2,5H2,1H3,(H,13,14). The summed E-state index contributed by atoms with van der Waals surface area (Å²) >= 11 is 1.11. The lowest BCUT2D eigenvalue weighted by atomic mass is 10.2. The van der Waals surface area contributed by atoms with Crippen molar-refractivity contribution in [1.82, 2.24) is 0 Å². The highest BCUT2D eigenvalue weighted by Gasteiger charge is 2.09. The van der Waals surface area contributed by atoms with Crippen LogP contribution in [0.1, 0.15) is 28.6 Å². The molecule has 84 valence electrons. The molecule has 1 heterocycles. The van der Waals surface area contributed by atoms with E-state index in [0.717, 1.165) is 11.3 Å². The second kappa shape index (κ2) is 5.93. The summed E-state index contributed by atoms with van der Waals surface area (Å²) in [5, 5.41) is 10.4. The number of carbonyl (C=O) groups excluding carboxylic acids is 1. The van der Waals surface area contributed by atoms with E-state index < -0.39 is 11.9 Å². The SMILES string of the molecule is CCOC(=O)CC#Cc1ccsc1C(=O)O. The van der Waals surface area contributed by atoms with E-state index >= 15 is 0 Å². The Morgan fingerprint density at radius 1 is 1.56 bits per heavy atom. The summed E-state index contributed by atoms with van der Waals surface area (Å²) in [6.45, 7) is 2.03. The molecule has 1 aromatic rings. The number of carboxylic acids is 1. The number of rotatable bonds is 3. The van der Waals surface area contributed by atoms with Crippen LogP contribution in [-0.4, -0.2) is 23.7 Å². The van der Waals surface area contributed by atoms with Crippen LogP contribution in [0.5, 0.6) is 0 Å². The fourth-order valence-electron chi connectivity index (χ4n) is 0.997. The molecule has 1 aromatic heterocycles. The molecule has 0 aliphatic heterocycles. The van der Waals surface area contributed by atoms with Crippen molar-refractivity contribution in [2.75, 3.05) is 6.61 Å². The van der Waals surface area contributed by atoms with Gasteiger partial charge in [-0.2, -0.15) is 0 Å². The number of hydrogen-bond donors (Lipinski definition) is 1. The van der Waals surface area contributed by atoms with E-state index in [2.05, 4.69) is 16.6 Å². The molecule has 0 aliphatic carbocycles. The summed E-state index contributed by atoms with van der Waals surface area (Å²) in [6.07, 6.45) is -0.0251. The van der Waals surface area contributed by atoms with Crippen LogP contribution >= 0.6 is 11.3 Å². The molecule has 0 spiro atoms. The largest absolute Gasteiger partial charge is 0.477 e. The fourth-order valence-corrected chi connectivity index (χ4v) is 1.68. The van der Waals surface area contributed by atoms with Crippen molar-refractivity contribution in [3.8, 4) is 11.8 Å². The predicted octanol–water partition coefficient (Wildman–Crippen LogP) is 1.75. The molecule has 16 heavy (non-hydrogen) atoms. The second-order valence-corrected chi connectivity index (χ2v) is 3.67. The van der Waals surface area contributed by atoms with Crippen LogP contribution < -0.4 is 0 Å². The van der Waals surface area contributed by atoms with E-state index in [1.54, 1.807) is 18.4 Å². The highest BCUT2D eigenvalue weighted by atomic mass is 32.1. The number of esters is 1. The zero-order chi connectivity index (χ0) is 12.0. The van der Waals surface area contributed by atoms with Crippen LogP contribution in [0.2, 0.25) is 0 Å². The molecule has 0 unspecified atom stereocenters. The first-order valence-electron chi connectivity index (χ1n) is 4.60. The first-order valence-corrected chi connectivity index (χ1v) is 5.48. The maximum absolute atomic E-state index is 11.0. The normalized spacial score (nSPS) is 9.06. The third kappa shape index (κ3) is 3.41. The van der Waals surface area contributed by atoms with Crippen LogP contribution in [0.4, 0.5) is 0 Å².